The quantitative estimate of drug-likeness (QED) is 0.707. The van der Waals surface area contributed by atoms with Crippen molar-refractivity contribution < 1.29 is 9.59 Å². The van der Waals surface area contributed by atoms with Gasteiger partial charge >= 0.3 is 0 Å². The van der Waals surface area contributed by atoms with Gasteiger partial charge < -0.3 is 16.0 Å². The highest BCUT2D eigenvalue weighted by atomic mass is 35.5. The van der Waals surface area contributed by atoms with Gasteiger partial charge in [0.1, 0.15) is 0 Å². The standard InChI is InChI=1S/C21H27N3O2S.ClH/c22-15-18-8-1-2-12-24(18)21(26)16-6-3-7-17(14-16)23-20(25)11-4-9-19-10-5-13-27-19;/h3,5-7,10,13-14,18H,1-2,4,8-9,11-12,15,22H2,(H,23,25);1H. The van der Waals surface area contributed by atoms with Crippen LogP contribution in [0.25, 0.3) is 0 Å². The number of hydrogen-bond acceptors (Lipinski definition) is 4. The molecule has 1 aromatic carbocycles. The van der Waals surface area contributed by atoms with Crippen LogP contribution in [0, 0.1) is 0 Å². The molecule has 2 heterocycles. The molecular weight excluding hydrogens is 394 g/mol. The van der Waals surface area contributed by atoms with E-state index in [-0.39, 0.29) is 30.3 Å². The number of nitrogens with one attached hydrogen (secondary N) is 1. The van der Waals surface area contributed by atoms with Gasteiger partial charge in [0.2, 0.25) is 5.91 Å². The first-order chi connectivity index (χ1) is 13.2. The van der Waals surface area contributed by atoms with E-state index >= 15 is 0 Å². The number of carbonyl (C=O) groups is 2. The molecule has 2 aromatic rings. The summed E-state index contributed by atoms with van der Waals surface area (Å²) in [5, 5.41) is 4.97. The van der Waals surface area contributed by atoms with Gasteiger partial charge in [0.05, 0.1) is 0 Å². The Bertz CT molecular complexity index is 767. The van der Waals surface area contributed by atoms with Gasteiger partial charge in [-0.05, 0) is 61.7 Å². The molecule has 1 aromatic heterocycles. The number of rotatable bonds is 7. The number of benzene rings is 1. The van der Waals surface area contributed by atoms with E-state index in [4.69, 9.17) is 5.73 Å². The smallest absolute Gasteiger partial charge is 0.254 e. The van der Waals surface area contributed by atoms with Crippen molar-refractivity contribution >= 4 is 41.2 Å². The van der Waals surface area contributed by atoms with Crippen molar-refractivity contribution in [1.82, 2.24) is 4.90 Å². The second-order valence-corrected chi connectivity index (χ2v) is 7.98. The first-order valence-electron chi connectivity index (χ1n) is 9.60. The molecule has 0 saturated carbocycles. The number of anilines is 1. The zero-order valence-electron chi connectivity index (χ0n) is 15.9. The van der Waals surface area contributed by atoms with Crippen LogP contribution in [0.1, 0.15) is 47.3 Å². The molecule has 2 amide bonds. The van der Waals surface area contributed by atoms with E-state index in [1.54, 1.807) is 23.5 Å². The highest BCUT2D eigenvalue weighted by molar-refractivity contribution is 7.09. The van der Waals surface area contributed by atoms with Crippen molar-refractivity contribution in [2.75, 3.05) is 18.4 Å². The van der Waals surface area contributed by atoms with E-state index in [1.807, 2.05) is 23.1 Å². The third kappa shape index (κ3) is 6.06. The van der Waals surface area contributed by atoms with Crippen molar-refractivity contribution in [3.63, 3.8) is 0 Å². The number of likely N-dealkylation sites (tertiary alicyclic amines) is 1. The monoisotopic (exact) mass is 421 g/mol. The second-order valence-electron chi connectivity index (χ2n) is 6.95. The molecule has 0 spiro atoms. The van der Waals surface area contributed by atoms with Crippen LogP contribution in [-0.2, 0) is 11.2 Å². The van der Waals surface area contributed by atoms with Crippen molar-refractivity contribution in [3.05, 3.63) is 52.2 Å². The maximum Gasteiger partial charge on any atom is 0.254 e. The van der Waals surface area contributed by atoms with Crippen LogP contribution in [0.4, 0.5) is 5.69 Å². The molecule has 1 aliphatic rings. The molecule has 0 bridgehead atoms. The molecule has 152 valence electrons. The zero-order valence-corrected chi connectivity index (χ0v) is 17.6. The topological polar surface area (TPSA) is 75.4 Å². The molecule has 3 N–H and O–H groups in total. The number of thiophene rings is 1. The van der Waals surface area contributed by atoms with Crippen LogP contribution in [-0.4, -0.2) is 35.8 Å². The van der Waals surface area contributed by atoms with Gasteiger partial charge in [-0.15, -0.1) is 23.7 Å². The summed E-state index contributed by atoms with van der Waals surface area (Å²) in [6.07, 6.45) is 5.30. The normalized spacial score (nSPS) is 16.3. The van der Waals surface area contributed by atoms with Crippen LogP contribution in [0.2, 0.25) is 0 Å². The number of carbonyl (C=O) groups excluding carboxylic acids is 2. The Kier molecular flexibility index (Phi) is 8.96. The van der Waals surface area contributed by atoms with Gasteiger partial charge in [-0.1, -0.05) is 12.1 Å². The molecule has 1 atom stereocenters. The van der Waals surface area contributed by atoms with E-state index < -0.39 is 0 Å². The zero-order chi connectivity index (χ0) is 19.1. The Morgan fingerprint density at radius 2 is 2.07 bits per heavy atom. The fourth-order valence-corrected chi connectivity index (χ4v) is 4.26. The van der Waals surface area contributed by atoms with E-state index in [0.717, 1.165) is 38.6 Å². The maximum atomic E-state index is 12.9. The molecule has 1 fully saturated rings. The van der Waals surface area contributed by atoms with Crippen molar-refractivity contribution in [2.45, 2.75) is 44.6 Å². The predicted molar refractivity (Wildman–Crippen MR) is 117 cm³/mol. The summed E-state index contributed by atoms with van der Waals surface area (Å²) in [7, 11) is 0. The summed E-state index contributed by atoms with van der Waals surface area (Å²) in [6, 6.07) is 11.4. The number of amides is 2. The lowest BCUT2D eigenvalue weighted by atomic mass is 10.0. The predicted octanol–water partition coefficient (Wildman–Crippen LogP) is 4.08. The first-order valence-corrected chi connectivity index (χ1v) is 10.5. The number of nitrogens with zero attached hydrogens (tertiary/aromatic N) is 1. The van der Waals surface area contributed by atoms with Gasteiger partial charge in [0, 0.05) is 41.7 Å². The average molecular weight is 422 g/mol. The highest BCUT2D eigenvalue weighted by Crippen LogP contribution is 2.21. The van der Waals surface area contributed by atoms with E-state index in [0.29, 0.717) is 24.2 Å². The lowest BCUT2D eigenvalue weighted by Gasteiger charge is -2.35. The molecular formula is C21H28ClN3O2S. The highest BCUT2D eigenvalue weighted by Gasteiger charge is 2.26. The summed E-state index contributed by atoms with van der Waals surface area (Å²) in [5.74, 6) is -0.0205. The van der Waals surface area contributed by atoms with Crippen LogP contribution < -0.4 is 11.1 Å². The molecule has 1 saturated heterocycles. The second kappa shape index (κ2) is 11.2. The minimum Gasteiger partial charge on any atom is -0.334 e. The van der Waals surface area contributed by atoms with Gasteiger partial charge in [-0.3, -0.25) is 9.59 Å². The SMILES string of the molecule is Cl.NCC1CCCCN1C(=O)c1cccc(NC(=O)CCCc2cccs2)c1. The van der Waals surface area contributed by atoms with Crippen molar-refractivity contribution in [1.29, 1.82) is 0 Å². The summed E-state index contributed by atoms with van der Waals surface area (Å²) in [6.45, 7) is 1.24. The van der Waals surface area contributed by atoms with E-state index in [9.17, 15) is 9.59 Å². The summed E-state index contributed by atoms with van der Waals surface area (Å²) in [5.41, 5.74) is 7.11. The Balaban J connectivity index is 0.00000280. The van der Waals surface area contributed by atoms with Gasteiger partial charge in [-0.25, -0.2) is 0 Å². The minimum absolute atomic E-state index is 0. The van der Waals surface area contributed by atoms with Gasteiger partial charge in [-0.2, -0.15) is 0 Å². The number of nitrogens with two attached hydrogens (primary N) is 1. The molecule has 5 nitrogen and oxygen atoms in total. The Labute approximate surface area is 176 Å². The summed E-state index contributed by atoms with van der Waals surface area (Å²) >= 11 is 1.72. The third-order valence-electron chi connectivity index (χ3n) is 4.96. The lowest BCUT2D eigenvalue weighted by Crippen LogP contribution is -2.47. The molecule has 28 heavy (non-hydrogen) atoms. The molecule has 1 unspecified atom stereocenters. The minimum atomic E-state index is -0.0195. The Hall–Kier alpha value is -1.89. The molecule has 0 radical (unpaired) electrons. The number of aryl methyl sites for hydroxylation is 1. The van der Waals surface area contributed by atoms with Crippen LogP contribution in [0.15, 0.2) is 41.8 Å². The summed E-state index contributed by atoms with van der Waals surface area (Å²) in [4.78, 5) is 28.2. The van der Waals surface area contributed by atoms with E-state index in [1.165, 1.54) is 4.88 Å². The maximum absolute atomic E-state index is 12.9. The van der Waals surface area contributed by atoms with Gasteiger partial charge in [0.15, 0.2) is 0 Å². The largest absolute Gasteiger partial charge is 0.334 e. The molecule has 3 rings (SSSR count). The summed E-state index contributed by atoms with van der Waals surface area (Å²) < 4.78 is 0. The van der Waals surface area contributed by atoms with Crippen molar-refractivity contribution in [3.8, 4) is 0 Å². The number of hydrogen-bond donors (Lipinski definition) is 2. The fraction of sp³-hybridized carbons (Fsp3) is 0.429. The number of halogens is 1. The van der Waals surface area contributed by atoms with Crippen LogP contribution in [0.5, 0.6) is 0 Å². The third-order valence-corrected chi connectivity index (χ3v) is 5.90. The molecule has 1 aliphatic heterocycles. The molecule has 0 aliphatic carbocycles. The fourth-order valence-electron chi connectivity index (χ4n) is 3.51. The Morgan fingerprint density at radius 1 is 1.21 bits per heavy atom. The van der Waals surface area contributed by atoms with Crippen LogP contribution in [0.3, 0.4) is 0 Å². The Morgan fingerprint density at radius 3 is 2.82 bits per heavy atom. The lowest BCUT2D eigenvalue weighted by molar-refractivity contribution is -0.116. The number of piperidine rings is 1. The van der Waals surface area contributed by atoms with Crippen LogP contribution >= 0.6 is 23.7 Å². The van der Waals surface area contributed by atoms with E-state index in [2.05, 4.69) is 16.8 Å². The van der Waals surface area contributed by atoms with Crippen molar-refractivity contribution in [2.24, 2.45) is 5.73 Å². The average Bonchev–Trinajstić information content (AvgIpc) is 3.21. The van der Waals surface area contributed by atoms with Gasteiger partial charge in [0.25, 0.3) is 5.91 Å². The molecule has 7 heteroatoms. The first kappa shape index (κ1) is 22.4.